The van der Waals surface area contributed by atoms with Crippen LogP contribution < -0.4 is 0 Å². The number of phenols is 1. The van der Waals surface area contributed by atoms with E-state index in [0.29, 0.717) is 17.9 Å². The standard InChI is InChI=1S/C21H19NO3/c1-2-3-9-20-19(15-23)21(17-7-5-4-6-8-17)25-22(20)14-16-10-12-18(24)13-11-16/h2-13,15,20,24H,1,14H2. The van der Waals surface area contributed by atoms with Gasteiger partial charge in [0, 0.05) is 5.56 Å². The molecule has 1 atom stereocenters. The molecule has 0 radical (unpaired) electrons. The van der Waals surface area contributed by atoms with Crippen molar-refractivity contribution in [3.63, 3.8) is 0 Å². The van der Waals surface area contributed by atoms with Gasteiger partial charge in [0.15, 0.2) is 12.0 Å². The lowest BCUT2D eigenvalue weighted by atomic mass is 10.0. The summed E-state index contributed by atoms with van der Waals surface area (Å²) < 4.78 is 0. The molecular weight excluding hydrogens is 314 g/mol. The average molecular weight is 333 g/mol. The third-order valence-electron chi connectivity index (χ3n) is 3.97. The van der Waals surface area contributed by atoms with Gasteiger partial charge in [-0.15, -0.1) is 5.06 Å². The van der Waals surface area contributed by atoms with Crippen molar-refractivity contribution < 1.29 is 14.7 Å². The second-order valence-electron chi connectivity index (χ2n) is 5.67. The van der Waals surface area contributed by atoms with E-state index in [0.717, 1.165) is 17.4 Å². The van der Waals surface area contributed by atoms with Crippen molar-refractivity contribution in [2.24, 2.45) is 0 Å². The molecule has 0 fully saturated rings. The number of hydroxylamine groups is 2. The largest absolute Gasteiger partial charge is 0.508 e. The summed E-state index contributed by atoms with van der Waals surface area (Å²) in [6.07, 6.45) is 6.20. The summed E-state index contributed by atoms with van der Waals surface area (Å²) >= 11 is 0. The maximum atomic E-state index is 11.7. The average Bonchev–Trinajstić information content (AvgIpc) is 2.99. The number of phenolic OH excluding ortho intramolecular Hbond substituents is 1. The summed E-state index contributed by atoms with van der Waals surface area (Å²) in [5.41, 5.74) is 2.40. The lowest BCUT2D eigenvalue weighted by Gasteiger charge is -2.21. The Morgan fingerprint density at radius 2 is 1.84 bits per heavy atom. The molecule has 3 rings (SSSR count). The number of hydrogen-bond donors (Lipinski definition) is 1. The lowest BCUT2D eigenvalue weighted by Crippen LogP contribution is -2.29. The quantitative estimate of drug-likeness (QED) is 0.644. The molecule has 1 unspecified atom stereocenters. The number of rotatable bonds is 6. The highest BCUT2D eigenvalue weighted by atomic mass is 16.7. The van der Waals surface area contributed by atoms with Crippen LogP contribution in [0.5, 0.6) is 5.75 Å². The van der Waals surface area contributed by atoms with E-state index in [9.17, 15) is 9.90 Å². The predicted molar refractivity (Wildman–Crippen MR) is 97.3 cm³/mol. The Kier molecular flexibility index (Phi) is 5.11. The molecule has 0 bridgehead atoms. The zero-order valence-corrected chi connectivity index (χ0v) is 13.7. The molecular formula is C21H19NO3. The SMILES string of the molecule is C=CC=CC1C(C=O)=C(c2ccccc2)ON1Cc1ccc(O)cc1. The minimum Gasteiger partial charge on any atom is -0.508 e. The molecule has 0 amide bonds. The summed E-state index contributed by atoms with van der Waals surface area (Å²) in [6.45, 7) is 4.16. The van der Waals surface area contributed by atoms with Crippen LogP contribution in [0, 0.1) is 0 Å². The van der Waals surface area contributed by atoms with Gasteiger partial charge < -0.3 is 9.94 Å². The first-order valence-electron chi connectivity index (χ1n) is 7.99. The Balaban J connectivity index is 1.94. The first-order valence-corrected chi connectivity index (χ1v) is 7.99. The summed E-state index contributed by atoms with van der Waals surface area (Å²) in [5, 5.41) is 11.2. The van der Waals surface area contributed by atoms with Crippen molar-refractivity contribution in [2.75, 3.05) is 0 Å². The lowest BCUT2D eigenvalue weighted by molar-refractivity contribution is -0.107. The predicted octanol–water partition coefficient (Wildman–Crippen LogP) is 3.86. The van der Waals surface area contributed by atoms with Crippen molar-refractivity contribution in [3.05, 3.63) is 96.1 Å². The van der Waals surface area contributed by atoms with E-state index in [1.54, 1.807) is 29.3 Å². The highest BCUT2D eigenvalue weighted by Crippen LogP contribution is 2.34. The van der Waals surface area contributed by atoms with Crippen LogP contribution >= 0.6 is 0 Å². The van der Waals surface area contributed by atoms with E-state index in [1.165, 1.54) is 0 Å². The van der Waals surface area contributed by atoms with E-state index in [4.69, 9.17) is 4.84 Å². The van der Waals surface area contributed by atoms with Crippen LogP contribution in [0.25, 0.3) is 5.76 Å². The van der Waals surface area contributed by atoms with E-state index >= 15 is 0 Å². The highest BCUT2D eigenvalue weighted by Gasteiger charge is 2.33. The van der Waals surface area contributed by atoms with Gasteiger partial charge in [0.05, 0.1) is 18.2 Å². The third-order valence-corrected chi connectivity index (χ3v) is 3.97. The molecule has 0 aromatic heterocycles. The van der Waals surface area contributed by atoms with Crippen LogP contribution in [0.3, 0.4) is 0 Å². The van der Waals surface area contributed by atoms with Crippen molar-refractivity contribution in [1.29, 1.82) is 0 Å². The normalized spacial score (nSPS) is 17.7. The van der Waals surface area contributed by atoms with E-state index in [-0.39, 0.29) is 11.8 Å². The first kappa shape index (κ1) is 16.7. The molecule has 126 valence electrons. The van der Waals surface area contributed by atoms with Crippen molar-refractivity contribution in [2.45, 2.75) is 12.6 Å². The van der Waals surface area contributed by atoms with Crippen LogP contribution in [-0.2, 0) is 16.2 Å². The fraction of sp³-hybridized carbons (Fsp3) is 0.0952. The van der Waals surface area contributed by atoms with Gasteiger partial charge in [-0.3, -0.25) is 4.79 Å². The molecule has 25 heavy (non-hydrogen) atoms. The molecule has 4 nitrogen and oxygen atoms in total. The number of aldehydes is 1. The molecule has 0 saturated heterocycles. The fourth-order valence-corrected chi connectivity index (χ4v) is 2.74. The molecule has 2 aromatic rings. The fourth-order valence-electron chi connectivity index (χ4n) is 2.74. The number of benzene rings is 2. The second kappa shape index (κ2) is 7.64. The van der Waals surface area contributed by atoms with Crippen molar-refractivity contribution in [3.8, 4) is 5.75 Å². The zero-order chi connectivity index (χ0) is 17.6. The third kappa shape index (κ3) is 3.70. The molecule has 0 saturated carbocycles. The first-order chi connectivity index (χ1) is 12.2. The molecule has 0 aliphatic carbocycles. The highest BCUT2D eigenvalue weighted by molar-refractivity contribution is 5.89. The van der Waals surface area contributed by atoms with Crippen molar-refractivity contribution in [1.82, 2.24) is 5.06 Å². The van der Waals surface area contributed by atoms with Gasteiger partial charge in [-0.1, -0.05) is 67.3 Å². The van der Waals surface area contributed by atoms with Gasteiger partial charge in [0.25, 0.3) is 0 Å². The minimum atomic E-state index is -0.306. The molecule has 0 spiro atoms. The Labute approximate surface area is 146 Å². The molecule has 1 heterocycles. The van der Waals surface area contributed by atoms with E-state index in [2.05, 4.69) is 6.58 Å². The summed E-state index contributed by atoms with van der Waals surface area (Å²) in [7, 11) is 0. The summed E-state index contributed by atoms with van der Waals surface area (Å²) in [6, 6.07) is 16.2. The van der Waals surface area contributed by atoms with Crippen molar-refractivity contribution >= 4 is 12.0 Å². The number of nitrogens with zero attached hydrogens (tertiary/aromatic N) is 1. The van der Waals surface area contributed by atoms with Crippen LogP contribution in [0.2, 0.25) is 0 Å². The maximum Gasteiger partial charge on any atom is 0.163 e. The van der Waals surface area contributed by atoms with Gasteiger partial charge in [-0.2, -0.15) is 0 Å². The number of aromatic hydroxyl groups is 1. The number of carbonyl (C=O) groups excluding carboxylic acids is 1. The molecule has 2 aromatic carbocycles. The number of carbonyl (C=O) groups is 1. The molecule has 1 aliphatic rings. The molecule has 1 aliphatic heterocycles. The van der Waals surface area contributed by atoms with E-state index in [1.807, 2.05) is 48.5 Å². The van der Waals surface area contributed by atoms with Gasteiger partial charge in [-0.05, 0) is 17.7 Å². The Bertz CT molecular complexity index is 807. The second-order valence-corrected chi connectivity index (χ2v) is 5.67. The Morgan fingerprint density at radius 3 is 2.48 bits per heavy atom. The minimum absolute atomic E-state index is 0.214. The van der Waals surface area contributed by atoms with Crippen LogP contribution in [-0.4, -0.2) is 22.5 Å². The summed E-state index contributed by atoms with van der Waals surface area (Å²) in [4.78, 5) is 17.8. The Morgan fingerprint density at radius 1 is 1.12 bits per heavy atom. The van der Waals surface area contributed by atoms with Crippen LogP contribution in [0.1, 0.15) is 11.1 Å². The molecule has 4 heteroatoms. The van der Waals surface area contributed by atoms with Crippen LogP contribution in [0.15, 0.2) is 85.0 Å². The summed E-state index contributed by atoms with van der Waals surface area (Å²) in [5.74, 6) is 0.777. The van der Waals surface area contributed by atoms with Gasteiger partial charge in [0.1, 0.15) is 5.75 Å². The van der Waals surface area contributed by atoms with Gasteiger partial charge in [0.2, 0.25) is 0 Å². The topological polar surface area (TPSA) is 49.8 Å². The van der Waals surface area contributed by atoms with Gasteiger partial charge in [-0.25, -0.2) is 0 Å². The van der Waals surface area contributed by atoms with Crippen LogP contribution in [0.4, 0.5) is 0 Å². The van der Waals surface area contributed by atoms with E-state index < -0.39 is 0 Å². The molecule has 1 N–H and O–H groups in total. The van der Waals surface area contributed by atoms with Gasteiger partial charge >= 0.3 is 0 Å². The Hall–Kier alpha value is -3.11. The zero-order valence-electron chi connectivity index (χ0n) is 13.7. The number of hydrogen-bond acceptors (Lipinski definition) is 4. The number of allylic oxidation sites excluding steroid dienone is 2. The smallest absolute Gasteiger partial charge is 0.163 e. The monoisotopic (exact) mass is 333 g/mol. The maximum absolute atomic E-state index is 11.7.